The monoisotopic (exact) mass is 328 g/mol. The summed E-state index contributed by atoms with van der Waals surface area (Å²) in [7, 11) is 0. The molecule has 2 aromatic carbocycles. The maximum absolute atomic E-state index is 13.9. The molecule has 0 amide bonds. The Morgan fingerprint density at radius 3 is 2.75 bits per heavy atom. The van der Waals surface area contributed by atoms with E-state index >= 15 is 0 Å². The van der Waals surface area contributed by atoms with Gasteiger partial charge in [0.2, 0.25) is 0 Å². The first-order valence-corrected chi connectivity index (χ1v) is 6.89. The van der Waals surface area contributed by atoms with Crippen molar-refractivity contribution in [1.29, 1.82) is 5.26 Å². The van der Waals surface area contributed by atoms with Gasteiger partial charge in [-0.1, -0.05) is 22.0 Å². The predicted octanol–water partition coefficient (Wildman–Crippen LogP) is 4.46. The van der Waals surface area contributed by atoms with E-state index in [0.717, 1.165) is 15.4 Å². The summed E-state index contributed by atoms with van der Waals surface area (Å²) in [5.41, 5.74) is 1.97. The zero-order valence-electron chi connectivity index (χ0n) is 10.5. The summed E-state index contributed by atoms with van der Waals surface area (Å²) in [6.45, 7) is 0.447. The van der Waals surface area contributed by atoms with E-state index in [1.54, 1.807) is 12.1 Å². The highest BCUT2D eigenvalue weighted by molar-refractivity contribution is 9.10. The van der Waals surface area contributed by atoms with Gasteiger partial charge in [-0.25, -0.2) is 4.39 Å². The topological polar surface area (TPSA) is 28.7 Å². The molecule has 0 aliphatic carbocycles. The van der Waals surface area contributed by atoms with Gasteiger partial charge < -0.3 is 4.57 Å². The lowest BCUT2D eigenvalue weighted by Gasteiger charge is -2.07. The van der Waals surface area contributed by atoms with Crippen LogP contribution in [0.2, 0.25) is 0 Å². The molecule has 0 fully saturated rings. The number of aromatic nitrogens is 1. The number of benzene rings is 2. The highest BCUT2D eigenvalue weighted by atomic mass is 79.9. The molecule has 0 aliphatic heterocycles. The average Bonchev–Trinajstić information content (AvgIpc) is 2.83. The minimum atomic E-state index is -0.344. The van der Waals surface area contributed by atoms with Crippen molar-refractivity contribution in [3.05, 3.63) is 70.1 Å². The third kappa shape index (κ3) is 2.33. The summed E-state index contributed by atoms with van der Waals surface area (Å²) in [6.07, 6.45) is 1.94. The van der Waals surface area contributed by atoms with Gasteiger partial charge in [0.25, 0.3) is 0 Å². The van der Waals surface area contributed by atoms with E-state index in [9.17, 15) is 4.39 Å². The van der Waals surface area contributed by atoms with Crippen LogP contribution in [0.4, 0.5) is 4.39 Å². The lowest BCUT2D eigenvalue weighted by Crippen LogP contribution is -2.00. The summed E-state index contributed by atoms with van der Waals surface area (Å²) in [5, 5.41) is 9.86. The second kappa shape index (κ2) is 5.10. The number of hydrogen-bond acceptors (Lipinski definition) is 1. The Kier molecular flexibility index (Phi) is 3.29. The molecule has 98 valence electrons. The molecule has 0 radical (unpaired) electrons. The number of fused-ring (bicyclic) bond motifs is 1. The molecule has 0 N–H and O–H groups in total. The van der Waals surface area contributed by atoms with Crippen molar-refractivity contribution in [3.63, 3.8) is 0 Å². The Balaban J connectivity index is 1.99. The van der Waals surface area contributed by atoms with Gasteiger partial charge in [-0.05, 0) is 36.4 Å². The molecule has 0 saturated carbocycles. The standard InChI is InChI=1S/C16H10BrFN2/c17-14-3-4-16-12(8-14)5-6-20(16)10-13-2-1-11(9-19)7-15(13)18/h1-8H,10H2. The Bertz CT molecular complexity index is 830. The van der Waals surface area contributed by atoms with E-state index in [-0.39, 0.29) is 5.82 Å². The van der Waals surface area contributed by atoms with Crippen LogP contribution in [0.15, 0.2) is 53.1 Å². The smallest absolute Gasteiger partial charge is 0.129 e. The van der Waals surface area contributed by atoms with Crippen LogP contribution in [0.25, 0.3) is 10.9 Å². The Hall–Kier alpha value is -2.12. The number of nitrogens with zero attached hydrogens (tertiary/aromatic N) is 2. The Morgan fingerprint density at radius 2 is 2.00 bits per heavy atom. The first kappa shape index (κ1) is 12.9. The van der Waals surface area contributed by atoms with Gasteiger partial charge in [0.15, 0.2) is 0 Å². The zero-order valence-corrected chi connectivity index (χ0v) is 12.1. The average molecular weight is 329 g/mol. The first-order chi connectivity index (χ1) is 9.67. The normalized spacial score (nSPS) is 10.7. The number of hydrogen-bond donors (Lipinski definition) is 0. The van der Waals surface area contributed by atoms with E-state index in [1.165, 1.54) is 6.07 Å². The second-order valence-corrected chi connectivity index (χ2v) is 5.48. The van der Waals surface area contributed by atoms with Crippen molar-refractivity contribution in [1.82, 2.24) is 4.57 Å². The summed E-state index contributed by atoms with van der Waals surface area (Å²) in [4.78, 5) is 0. The molecule has 0 atom stereocenters. The predicted molar refractivity (Wildman–Crippen MR) is 79.9 cm³/mol. The molecule has 3 rings (SSSR count). The molecule has 1 aromatic heterocycles. The fourth-order valence-electron chi connectivity index (χ4n) is 2.24. The lowest BCUT2D eigenvalue weighted by molar-refractivity contribution is 0.601. The molecule has 4 heteroatoms. The number of nitriles is 1. The van der Waals surface area contributed by atoms with Crippen molar-refractivity contribution in [2.45, 2.75) is 6.54 Å². The fourth-order valence-corrected chi connectivity index (χ4v) is 2.62. The molecule has 3 aromatic rings. The van der Waals surface area contributed by atoms with Crippen molar-refractivity contribution < 1.29 is 4.39 Å². The Morgan fingerprint density at radius 1 is 1.15 bits per heavy atom. The molecule has 0 aliphatic rings. The van der Waals surface area contributed by atoms with Crippen LogP contribution in [0.3, 0.4) is 0 Å². The van der Waals surface area contributed by atoms with E-state index in [0.29, 0.717) is 17.7 Å². The summed E-state index contributed by atoms with van der Waals surface area (Å²) < 4.78 is 16.9. The molecule has 2 nitrogen and oxygen atoms in total. The fraction of sp³-hybridized carbons (Fsp3) is 0.0625. The SMILES string of the molecule is N#Cc1ccc(Cn2ccc3cc(Br)ccc32)c(F)c1. The third-order valence-corrected chi connectivity index (χ3v) is 3.75. The van der Waals surface area contributed by atoms with Gasteiger partial charge in [-0.15, -0.1) is 0 Å². The van der Waals surface area contributed by atoms with Crippen LogP contribution in [0.1, 0.15) is 11.1 Å². The summed E-state index contributed by atoms with van der Waals surface area (Å²) in [5.74, 6) is -0.344. The summed E-state index contributed by atoms with van der Waals surface area (Å²) in [6, 6.07) is 14.5. The molecule has 0 bridgehead atoms. The largest absolute Gasteiger partial charge is 0.343 e. The van der Waals surface area contributed by atoms with E-state index in [4.69, 9.17) is 5.26 Å². The number of rotatable bonds is 2. The number of halogens is 2. The van der Waals surface area contributed by atoms with Crippen LogP contribution in [-0.2, 0) is 6.54 Å². The van der Waals surface area contributed by atoms with E-state index in [1.807, 2.05) is 41.1 Å². The van der Waals surface area contributed by atoms with Crippen LogP contribution in [-0.4, -0.2) is 4.57 Å². The first-order valence-electron chi connectivity index (χ1n) is 6.10. The van der Waals surface area contributed by atoms with Crippen molar-refractivity contribution in [3.8, 4) is 6.07 Å². The second-order valence-electron chi connectivity index (χ2n) is 4.56. The molecule has 0 saturated heterocycles. The van der Waals surface area contributed by atoms with Gasteiger partial charge in [-0.3, -0.25) is 0 Å². The van der Waals surface area contributed by atoms with Gasteiger partial charge in [0.05, 0.1) is 18.2 Å². The molecular formula is C16H10BrFN2. The van der Waals surface area contributed by atoms with Crippen molar-refractivity contribution >= 4 is 26.8 Å². The van der Waals surface area contributed by atoms with Crippen LogP contribution >= 0.6 is 15.9 Å². The third-order valence-electron chi connectivity index (χ3n) is 3.26. The van der Waals surface area contributed by atoms with Crippen LogP contribution < -0.4 is 0 Å². The zero-order chi connectivity index (χ0) is 14.1. The van der Waals surface area contributed by atoms with E-state index < -0.39 is 0 Å². The highest BCUT2D eigenvalue weighted by Gasteiger charge is 2.07. The minimum Gasteiger partial charge on any atom is -0.343 e. The van der Waals surface area contributed by atoms with Crippen molar-refractivity contribution in [2.24, 2.45) is 0 Å². The van der Waals surface area contributed by atoms with E-state index in [2.05, 4.69) is 15.9 Å². The highest BCUT2D eigenvalue weighted by Crippen LogP contribution is 2.22. The maximum atomic E-state index is 13.9. The molecular weight excluding hydrogens is 319 g/mol. The minimum absolute atomic E-state index is 0.340. The van der Waals surface area contributed by atoms with Crippen molar-refractivity contribution in [2.75, 3.05) is 0 Å². The molecule has 0 unspecified atom stereocenters. The molecule has 20 heavy (non-hydrogen) atoms. The van der Waals surface area contributed by atoms with Crippen LogP contribution in [0, 0.1) is 17.1 Å². The van der Waals surface area contributed by atoms with Gasteiger partial charge in [0.1, 0.15) is 5.82 Å². The molecule has 0 spiro atoms. The quantitative estimate of drug-likeness (QED) is 0.682. The summed E-state index contributed by atoms with van der Waals surface area (Å²) >= 11 is 3.44. The lowest BCUT2D eigenvalue weighted by atomic mass is 10.1. The Labute approximate surface area is 124 Å². The van der Waals surface area contributed by atoms with Gasteiger partial charge in [-0.2, -0.15) is 5.26 Å². The molecule has 1 heterocycles. The van der Waals surface area contributed by atoms with Crippen LogP contribution in [0.5, 0.6) is 0 Å². The maximum Gasteiger partial charge on any atom is 0.129 e. The van der Waals surface area contributed by atoms with Gasteiger partial charge >= 0.3 is 0 Å². The van der Waals surface area contributed by atoms with Gasteiger partial charge in [0, 0.05) is 27.1 Å².